The fraction of sp³-hybridized carbons (Fsp3) is 0.333. The van der Waals surface area contributed by atoms with E-state index in [-0.39, 0.29) is 0 Å². The van der Waals surface area contributed by atoms with Crippen LogP contribution in [0.5, 0.6) is 0 Å². The van der Waals surface area contributed by atoms with Crippen molar-refractivity contribution in [2.24, 2.45) is 5.73 Å². The number of hydrogen-bond donors (Lipinski definition) is 1. The lowest BCUT2D eigenvalue weighted by Crippen LogP contribution is -2.09. The van der Waals surface area contributed by atoms with Crippen LogP contribution in [0.4, 0.5) is 0 Å². The first-order valence-corrected chi connectivity index (χ1v) is 6.21. The number of aromatic nitrogens is 3. The van der Waals surface area contributed by atoms with E-state index in [0.29, 0.717) is 6.54 Å². The van der Waals surface area contributed by atoms with Crippen molar-refractivity contribution in [3.63, 3.8) is 0 Å². The van der Waals surface area contributed by atoms with Gasteiger partial charge in [-0.25, -0.2) is 4.68 Å². The Bertz CT molecular complexity index is 560. The molecule has 0 saturated carbocycles. The zero-order valence-electron chi connectivity index (χ0n) is 10.2. The first-order valence-electron chi connectivity index (χ1n) is 5.42. The fourth-order valence-electron chi connectivity index (χ4n) is 1.75. The van der Waals surface area contributed by atoms with Crippen molar-refractivity contribution in [2.45, 2.75) is 27.3 Å². The van der Waals surface area contributed by atoms with Gasteiger partial charge < -0.3 is 5.73 Å². The molecule has 0 saturated heterocycles. The number of nitrogens with two attached hydrogens (primary N) is 1. The number of aryl methyl sites for hydroxylation is 1. The molecule has 0 atom stereocenters. The lowest BCUT2D eigenvalue weighted by molar-refractivity contribution is 0.802. The van der Waals surface area contributed by atoms with Gasteiger partial charge in [-0.1, -0.05) is 0 Å². The summed E-state index contributed by atoms with van der Waals surface area (Å²) in [5.41, 5.74) is 10.9. The van der Waals surface area contributed by atoms with Gasteiger partial charge in [-0.05, 0) is 48.3 Å². The number of pyridine rings is 1. The molecule has 2 aromatic rings. The molecule has 0 radical (unpaired) electrons. The van der Waals surface area contributed by atoms with E-state index in [2.05, 4.69) is 39.9 Å². The van der Waals surface area contributed by atoms with Gasteiger partial charge in [0.05, 0.1) is 17.1 Å². The molecule has 0 fully saturated rings. The Kier molecular flexibility index (Phi) is 3.31. The van der Waals surface area contributed by atoms with Crippen molar-refractivity contribution in [1.82, 2.24) is 14.8 Å². The Morgan fingerprint density at radius 1 is 1.35 bits per heavy atom. The van der Waals surface area contributed by atoms with Crippen LogP contribution in [0.3, 0.4) is 0 Å². The quantitative estimate of drug-likeness (QED) is 0.925. The molecule has 0 spiro atoms. The van der Waals surface area contributed by atoms with E-state index in [1.165, 1.54) is 5.56 Å². The van der Waals surface area contributed by atoms with Gasteiger partial charge in [-0.15, -0.1) is 0 Å². The molecule has 0 amide bonds. The van der Waals surface area contributed by atoms with Crippen molar-refractivity contribution >= 4 is 15.9 Å². The third-order valence-corrected chi connectivity index (χ3v) is 3.42. The summed E-state index contributed by atoms with van der Waals surface area (Å²) in [5.74, 6) is 0. The van der Waals surface area contributed by atoms with E-state index < -0.39 is 0 Å². The Balaban J connectivity index is 2.67. The standard InChI is InChI=1S/C12H15BrN4/c1-7-8(2)16-17(9(7)3)12-4-10(13)6-15-11(12)5-14/h4,6H,5,14H2,1-3H3. The summed E-state index contributed by atoms with van der Waals surface area (Å²) >= 11 is 3.43. The number of halogens is 1. The van der Waals surface area contributed by atoms with Crippen LogP contribution in [0, 0.1) is 20.8 Å². The summed E-state index contributed by atoms with van der Waals surface area (Å²) in [7, 11) is 0. The zero-order valence-corrected chi connectivity index (χ0v) is 11.7. The van der Waals surface area contributed by atoms with E-state index in [9.17, 15) is 0 Å². The molecule has 2 heterocycles. The zero-order chi connectivity index (χ0) is 12.6. The average molecular weight is 295 g/mol. The largest absolute Gasteiger partial charge is 0.325 e. The summed E-state index contributed by atoms with van der Waals surface area (Å²) in [6.07, 6.45) is 1.75. The van der Waals surface area contributed by atoms with Crippen LogP contribution in [0.2, 0.25) is 0 Å². The smallest absolute Gasteiger partial charge is 0.0888 e. The molecule has 0 aliphatic heterocycles. The minimum Gasteiger partial charge on any atom is -0.325 e. The molecular formula is C12H15BrN4. The Hall–Kier alpha value is -1.20. The molecule has 0 unspecified atom stereocenters. The molecule has 0 aliphatic carbocycles. The predicted octanol–water partition coefficient (Wildman–Crippen LogP) is 2.41. The Morgan fingerprint density at radius 3 is 2.59 bits per heavy atom. The first kappa shape index (κ1) is 12.3. The Labute approximate surface area is 109 Å². The van der Waals surface area contributed by atoms with Crippen molar-refractivity contribution < 1.29 is 0 Å². The van der Waals surface area contributed by atoms with Crippen molar-refractivity contribution in [3.05, 3.63) is 39.4 Å². The van der Waals surface area contributed by atoms with Gasteiger partial charge in [0.2, 0.25) is 0 Å². The van der Waals surface area contributed by atoms with Gasteiger partial charge >= 0.3 is 0 Å². The monoisotopic (exact) mass is 294 g/mol. The molecule has 90 valence electrons. The number of rotatable bonds is 2. The van der Waals surface area contributed by atoms with Gasteiger partial charge in [0, 0.05) is 22.9 Å². The van der Waals surface area contributed by atoms with E-state index in [1.54, 1.807) is 6.20 Å². The fourth-order valence-corrected chi connectivity index (χ4v) is 2.07. The maximum atomic E-state index is 5.71. The Morgan fingerprint density at radius 2 is 2.06 bits per heavy atom. The SMILES string of the molecule is Cc1nn(-c2cc(Br)cnc2CN)c(C)c1C. The minimum atomic E-state index is 0.403. The van der Waals surface area contributed by atoms with E-state index in [0.717, 1.165) is 27.2 Å². The lowest BCUT2D eigenvalue weighted by atomic mass is 10.2. The van der Waals surface area contributed by atoms with Crippen LogP contribution < -0.4 is 5.73 Å². The molecule has 2 N–H and O–H groups in total. The number of nitrogens with zero attached hydrogens (tertiary/aromatic N) is 3. The van der Waals surface area contributed by atoms with E-state index >= 15 is 0 Å². The van der Waals surface area contributed by atoms with Gasteiger partial charge in [0.15, 0.2) is 0 Å². The maximum Gasteiger partial charge on any atom is 0.0888 e. The lowest BCUT2D eigenvalue weighted by Gasteiger charge is -2.09. The van der Waals surface area contributed by atoms with Gasteiger partial charge in [-0.3, -0.25) is 4.98 Å². The number of hydrogen-bond acceptors (Lipinski definition) is 3. The molecule has 17 heavy (non-hydrogen) atoms. The second-order valence-corrected chi connectivity index (χ2v) is 4.95. The molecule has 0 aromatic carbocycles. The predicted molar refractivity (Wildman–Crippen MR) is 71.2 cm³/mol. The maximum absolute atomic E-state index is 5.71. The average Bonchev–Trinajstić information content (AvgIpc) is 2.57. The van der Waals surface area contributed by atoms with Crippen LogP contribution in [0.25, 0.3) is 5.69 Å². The summed E-state index contributed by atoms with van der Waals surface area (Å²) < 4.78 is 2.83. The van der Waals surface area contributed by atoms with Crippen LogP contribution in [0.1, 0.15) is 22.6 Å². The second kappa shape index (κ2) is 4.58. The summed E-state index contributed by atoms with van der Waals surface area (Å²) in [4.78, 5) is 4.32. The molecule has 2 rings (SSSR count). The molecule has 5 heteroatoms. The molecule has 0 bridgehead atoms. The summed E-state index contributed by atoms with van der Waals surface area (Å²) in [5, 5.41) is 4.53. The first-order chi connectivity index (χ1) is 8.04. The van der Waals surface area contributed by atoms with Gasteiger partial charge in [-0.2, -0.15) is 5.10 Å². The molecule has 0 aliphatic rings. The normalized spacial score (nSPS) is 10.9. The molecule has 4 nitrogen and oxygen atoms in total. The van der Waals surface area contributed by atoms with Crippen LogP contribution in [0.15, 0.2) is 16.7 Å². The highest BCUT2D eigenvalue weighted by molar-refractivity contribution is 9.10. The van der Waals surface area contributed by atoms with Gasteiger partial charge in [0.25, 0.3) is 0 Å². The van der Waals surface area contributed by atoms with Crippen molar-refractivity contribution in [1.29, 1.82) is 0 Å². The molecule has 2 aromatic heterocycles. The topological polar surface area (TPSA) is 56.7 Å². The van der Waals surface area contributed by atoms with E-state index in [1.807, 2.05) is 17.7 Å². The third-order valence-electron chi connectivity index (χ3n) is 2.99. The van der Waals surface area contributed by atoms with Crippen LogP contribution in [-0.2, 0) is 6.54 Å². The van der Waals surface area contributed by atoms with Crippen molar-refractivity contribution in [3.8, 4) is 5.69 Å². The summed E-state index contributed by atoms with van der Waals surface area (Å²) in [6.45, 7) is 6.53. The second-order valence-electron chi connectivity index (χ2n) is 4.03. The highest BCUT2D eigenvalue weighted by Gasteiger charge is 2.12. The highest BCUT2D eigenvalue weighted by atomic mass is 79.9. The summed E-state index contributed by atoms with van der Waals surface area (Å²) in [6, 6.07) is 1.99. The van der Waals surface area contributed by atoms with Crippen molar-refractivity contribution in [2.75, 3.05) is 0 Å². The van der Waals surface area contributed by atoms with Crippen LogP contribution in [-0.4, -0.2) is 14.8 Å². The van der Waals surface area contributed by atoms with Gasteiger partial charge in [0.1, 0.15) is 0 Å². The van der Waals surface area contributed by atoms with E-state index in [4.69, 9.17) is 5.73 Å². The third kappa shape index (κ3) is 2.12. The van der Waals surface area contributed by atoms with Crippen LogP contribution >= 0.6 is 15.9 Å². The highest BCUT2D eigenvalue weighted by Crippen LogP contribution is 2.21. The molecular weight excluding hydrogens is 280 g/mol. The minimum absolute atomic E-state index is 0.403.